The van der Waals surface area contributed by atoms with Crippen LogP contribution in [0.4, 0.5) is 4.39 Å². The largest absolute Gasteiger partial charge is 0.504 e. The third kappa shape index (κ3) is 2.52. The summed E-state index contributed by atoms with van der Waals surface area (Å²) in [5.74, 6) is -0.763. The van der Waals surface area contributed by atoms with Crippen LogP contribution in [0.25, 0.3) is 0 Å². The van der Waals surface area contributed by atoms with Crippen LogP contribution in [-0.4, -0.2) is 23.9 Å². The maximum atomic E-state index is 13.2. The number of hydrogen-bond acceptors (Lipinski definition) is 3. The highest BCUT2D eigenvalue weighted by Crippen LogP contribution is 2.37. The predicted octanol–water partition coefficient (Wildman–Crippen LogP) is 2.12. The molecule has 0 aliphatic rings. The molecule has 5 heteroatoms. The van der Waals surface area contributed by atoms with E-state index in [-0.39, 0.29) is 28.7 Å². The van der Waals surface area contributed by atoms with Crippen LogP contribution in [-0.2, 0) is 6.42 Å². The van der Waals surface area contributed by atoms with Crippen LogP contribution < -0.4 is 4.74 Å². The zero-order chi connectivity index (χ0) is 11.4. The van der Waals surface area contributed by atoms with Crippen molar-refractivity contribution in [3.05, 3.63) is 22.5 Å². The van der Waals surface area contributed by atoms with Crippen LogP contribution in [0.3, 0.4) is 0 Å². The molecule has 0 saturated carbocycles. The molecule has 0 bridgehead atoms. The minimum atomic E-state index is -0.640. The van der Waals surface area contributed by atoms with Crippen molar-refractivity contribution in [2.45, 2.75) is 12.8 Å². The Bertz CT molecular complexity index is 355. The van der Waals surface area contributed by atoms with E-state index in [2.05, 4.69) is 0 Å². The van der Waals surface area contributed by atoms with Crippen molar-refractivity contribution in [2.75, 3.05) is 13.7 Å². The number of halogens is 2. The van der Waals surface area contributed by atoms with Gasteiger partial charge in [0.25, 0.3) is 0 Å². The van der Waals surface area contributed by atoms with Gasteiger partial charge in [-0.25, -0.2) is 4.39 Å². The van der Waals surface area contributed by atoms with E-state index < -0.39 is 5.82 Å². The lowest BCUT2D eigenvalue weighted by Crippen LogP contribution is -1.96. The van der Waals surface area contributed by atoms with Crippen molar-refractivity contribution < 1.29 is 19.3 Å². The third-order valence-electron chi connectivity index (χ3n) is 2.06. The second-order valence-corrected chi connectivity index (χ2v) is 3.41. The van der Waals surface area contributed by atoms with Gasteiger partial charge < -0.3 is 14.9 Å². The van der Waals surface area contributed by atoms with Crippen LogP contribution in [0.5, 0.6) is 11.5 Å². The topological polar surface area (TPSA) is 49.7 Å². The lowest BCUT2D eigenvalue weighted by atomic mass is 10.1. The standard InChI is InChI=1S/C10H12ClFO3/c1-15-8-5-7(12)9(11)6(10(8)14)3-2-4-13/h5,13-14H,2-4H2,1H3. The van der Waals surface area contributed by atoms with E-state index in [1.165, 1.54) is 7.11 Å². The molecule has 0 fully saturated rings. The van der Waals surface area contributed by atoms with Crippen molar-refractivity contribution in [2.24, 2.45) is 0 Å². The summed E-state index contributed by atoms with van der Waals surface area (Å²) in [5.41, 5.74) is 0.266. The Morgan fingerprint density at radius 2 is 2.20 bits per heavy atom. The van der Waals surface area contributed by atoms with Gasteiger partial charge in [0.2, 0.25) is 0 Å². The Morgan fingerprint density at radius 3 is 2.73 bits per heavy atom. The lowest BCUT2D eigenvalue weighted by Gasteiger charge is -2.11. The van der Waals surface area contributed by atoms with Gasteiger partial charge in [0.1, 0.15) is 5.82 Å². The fourth-order valence-corrected chi connectivity index (χ4v) is 1.52. The highest BCUT2D eigenvalue weighted by Gasteiger charge is 2.16. The van der Waals surface area contributed by atoms with Crippen molar-refractivity contribution in [3.8, 4) is 11.5 Å². The highest BCUT2D eigenvalue weighted by molar-refractivity contribution is 6.31. The molecule has 0 aliphatic carbocycles. The number of phenolic OH excluding ortho intramolecular Hbond substituents is 1. The van der Waals surface area contributed by atoms with Gasteiger partial charge in [0, 0.05) is 18.2 Å². The molecule has 15 heavy (non-hydrogen) atoms. The van der Waals surface area contributed by atoms with Gasteiger partial charge in [-0.3, -0.25) is 0 Å². The van der Waals surface area contributed by atoms with Crippen LogP contribution in [0.1, 0.15) is 12.0 Å². The van der Waals surface area contributed by atoms with Crippen LogP contribution in [0, 0.1) is 5.82 Å². The molecule has 0 spiro atoms. The number of aromatic hydroxyl groups is 1. The van der Waals surface area contributed by atoms with Gasteiger partial charge in [-0.2, -0.15) is 0 Å². The van der Waals surface area contributed by atoms with Crippen molar-refractivity contribution in [1.29, 1.82) is 0 Å². The molecule has 1 aromatic rings. The number of methoxy groups -OCH3 is 1. The number of aliphatic hydroxyl groups excluding tert-OH is 1. The minimum Gasteiger partial charge on any atom is -0.504 e. The van der Waals surface area contributed by atoms with E-state index in [0.717, 1.165) is 6.07 Å². The number of ether oxygens (including phenoxy) is 1. The molecule has 0 atom stereocenters. The summed E-state index contributed by atoms with van der Waals surface area (Å²) in [4.78, 5) is 0. The molecular formula is C10H12ClFO3. The molecule has 0 radical (unpaired) electrons. The van der Waals surface area contributed by atoms with Crippen LogP contribution >= 0.6 is 11.6 Å². The monoisotopic (exact) mass is 234 g/mol. The lowest BCUT2D eigenvalue weighted by molar-refractivity contribution is 0.287. The van der Waals surface area contributed by atoms with Gasteiger partial charge in [0.05, 0.1) is 12.1 Å². The zero-order valence-electron chi connectivity index (χ0n) is 8.26. The van der Waals surface area contributed by atoms with E-state index in [4.69, 9.17) is 21.4 Å². The average molecular weight is 235 g/mol. The highest BCUT2D eigenvalue weighted by atomic mass is 35.5. The number of benzene rings is 1. The summed E-state index contributed by atoms with van der Waals surface area (Å²) in [6.07, 6.45) is 0.704. The smallest absolute Gasteiger partial charge is 0.163 e. The number of hydrogen-bond donors (Lipinski definition) is 2. The quantitative estimate of drug-likeness (QED) is 0.839. The molecule has 0 heterocycles. The summed E-state index contributed by atoms with van der Waals surface area (Å²) in [7, 11) is 1.33. The maximum absolute atomic E-state index is 13.2. The fraction of sp³-hybridized carbons (Fsp3) is 0.400. The molecule has 0 aromatic heterocycles. The normalized spacial score (nSPS) is 10.4. The number of phenols is 1. The summed E-state index contributed by atoms with van der Waals surface area (Å²) >= 11 is 5.69. The Kier molecular flexibility index (Phi) is 4.17. The average Bonchev–Trinajstić information content (AvgIpc) is 2.23. The molecule has 0 aliphatic heterocycles. The van der Waals surface area contributed by atoms with Gasteiger partial charge in [-0.05, 0) is 12.8 Å². The number of aliphatic hydroxyl groups is 1. The van der Waals surface area contributed by atoms with Gasteiger partial charge in [0.15, 0.2) is 11.5 Å². The van der Waals surface area contributed by atoms with Gasteiger partial charge >= 0.3 is 0 Å². The summed E-state index contributed by atoms with van der Waals surface area (Å²) in [6.45, 7) is -0.0470. The predicted molar refractivity (Wildman–Crippen MR) is 55.0 cm³/mol. The van der Waals surface area contributed by atoms with Crippen molar-refractivity contribution >= 4 is 11.6 Å². The van der Waals surface area contributed by atoms with E-state index >= 15 is 0 Å². The molecule has 3 nitrogen and oxygen atoms in total. The fourth-order valence-electron chi connectivity index (χ4n) is 1.28. The van der Waals surface area contributed by atoms with Crippen molar-refractivity contribution in [1.82, 2.24) is 0 Å². The van der Waals surface area contributed by atoms with E-state index in [1.807, 2.05) is 0 Å². The summed E-state index contributed by atoms with van der Waals surface area (Å²) in [6, 6.07) is 1.03. The zero-order valence-corrected chi connectivity index (χ0v) is 9.01. The minimum absolute atomic E-state index is 0.0461. The first-order valence-electron chi connectivity index (χ1n) is 4.46. The first-order valence-corrected chi connectivity index (χ1v) is 4.84. The Hall–Kier alpha value is -1.00. The molecule has 1 aromatic carbocycles. The maximum Gasteiger partial charge on any atom is 0.163 e. The number of rotatable bonds is 4. The van der Waals surface area contributed by atoms with Gasteiger partial charge in [-0.15, -0.1) is 0 Å². The van der Waals surface area contributed by atoms with Crippen molar-refractivity contribution in [3.63, 3.8) is 0 Å². The Labute approximate surface area is 92.1 Å². The van der Waals surface area contributed by atoms with E-state index in [1.54, 1.807) is 0 Å². The SMILES string of the molecule is COc1cc(F)c(Cl)c(CCCO)c1O. The Morgan fingerprint density at radius 1 is 1.53 bits per heavy atom. The summed E-state index contributed by atoms with van der Waals surface area (Å²) < 4.78 is 18.0. The molecule has 0 saturated heterocycles. The Balaban J connectivity index is 3.15. The van der Waals surface area contributed by atoms with E-state index in [9.17, 15) is 9.50 Å². The van der Waals surface area contributed by atoms with Crippen LogP contribution in [0.2, 0.25) is 5.02 Å². The first kappa shape index (κ1) is 12.1. The van der Waals surface area contributed by atoms with E-state index in [0.29, 0.717) is 12.8 Å². The molecule has 2 N–H and O–H groups in total. The summed E-state index contributed by atoms with van der Waals surface area (Å²) in [5, 5.41) is 18.2. The van der Waals surface area contributed by atoms with Gasteiger partial charge in [-0.1, -0.05) is 11.6 Å². The molecule has 84 valence electrons. The third-order valence-corrected chi connectivity index (χ3v) is 2.47. The molecule has 1 rings (SSSR count). The van der Waals surface area contributed by atoms with Crippen LogP contribution in [0.15, 0.2) is 6.07 Å². The molecule has 0 amide bonds. The molecular weight excluding hydrogens is 223 g/mol. The first-order chi connectivity index (χ1) is 7.11. The second kappa shape index (κ2) is 5.19. The second-order valence-electron chi connectivity index (χ2n) is 3.03. The molecule has 0 unspecified atom stereocenters.